The molecule has 0 aromatic heterocycles. The molecule has 1 aromatic carbocycles. The number of carboxylic acids is 1. The number of carbonyl (C=O) groups is 1. The third-order valence-electron chi connectivity index (χ3n) is 3.79. The summed E-state index contributed by atoms with van der Waals surface area (Å²) in [6, 6.07) is 8.11. The Morgan fingerprint density at radius 3 is 2.67 bits per heavy atom. The first kappa shape index (κ1) is 12.7. The Balaban J connectivity index is 2.39. The largest absolute Gasteiger partial charge is 0.481 e. The number of allylic oxidation sites excluding steroid dienone is 1. The van der Waals surface area contributed by atoms with Gasteiger partial charge in [-0.05, 0) is 11.6 Å². The van der Waals surface area contributed by atoms with Gasteiger partial charge >= 0.3 is 5.97 Å². The zero-order valence-electron chi connectivity index (χ0n) is 11.1. The van der Waals surface area contributed by atoms with Crippen LogP contribution in [0.3, 0.4) is 0 Å². The molecule has 18 heavy (non-hydrogen) atoms. The van der Waals surface area contributed by atoms with E-state index in [2.05, 4.69) is 26.5 Å². The zero-order valence-corrected chi connectivity index (χ0v) is 11.1. The van der Waals surface area contributed by atoms with Crippen LogP contribution in [0.5, 0.6) is 0 Å². The van der Waals surface area contributed by atoms with Gasteiger partial charge in [0.1, 0.15) is 0 Å². The van der Waals surface area contributed by atoms with Crippen molar-refractivity contribution in [1.82, 2.24) is 0 Å². The predicted molar refractivity (Wildman–Crippen MR) is 72.8 cm³/mol. The number of fused-ring (bicyclic) bond motifs is 1. The maximum absolute atomic E-state index is 11.0. The van der Waals surface area contributed by atoms with Crippen LogP contribution in [0.15, 0.2) is 36.5 Å². The Labute approximate surface area is 108 Å². The van der Waals surface area contributed by atoms with E-state index in [1.165, 1.54) is 5.56 Å². The first-order chi connectivity index (χ1) is 8.35. The highest BCUT2D eigenvalue weighted by Crippen LogP contribution is 2.46. The SMILES string of the molecule is C=C1N(CC(C)C(=O)O)c2ccccc2C1(C)C. The number of nitrogens with zero attached hydrogens (tertiary/aromatic N) is 1. The summed E-state index contributed by atoms with van der Waals surface area (Å²) in [5.74, 6) is -1.19. The van der Waals surface area contributed by atoms with Crippen LogP contribution in [0, 0.1) is 5.92 Å². The molecular weight excluding hydrogens is 226 g/mol. The first-order valence-corrected chi connectivity index (χ1v) is 6.15. The minimum atomic E-state index is -0.773. The van der Waals surface area contributed by atoms with E-state index >= 15 is 0 Å². The maximum atomic E-state index is 11.0. The van der Waals surface area contributed by atoms with Gasteiger partial charge in [0.25, 0.3) is 0 Å². The number of anilines is 1. The van der Waals surface area contributed by atoms with E-state index in [1.54, 1.807) is 6.92 Å². The fourth-order valence-corrected chi connectivity index (χ4v) is 2.44. The Hall–Kier alpha value is -1.77. The molecule has 0 saturated carbocycles. The van der Waals surface area contributed by atoms with Crippen molar-refractivity contribution in [3.8, 4) is 0 Å². The van der Waals surface area contributed by atoms with Crippen molar-refractivity contribution in [1.29, 1.82) is 0 Å². The molecule has 1 atom stereocenters. The highest BCUT2D eigenvalue weighted by molar-refractivity contribution is 5.74. The molecule has 0 amide bonds. The summed E-state index contributed by atoms with van der Waals surface area (Å²) < 4.78 is 0. The van der Waals surface area contributed by atoms with Gasteiger partial charge in [-0.2, -0.15) is 0 Å². The zero-order chi connectivity index (χ0) is 13.5. The molecular formula is C15H19NO2. The first-order valence-electron chi connectivity index (χ1n) is 6.15. The lowest BCUT2D eigenvalue weighted by Crippen LogP contribution is -2.31. The van der Waals surface area contributed by atoms with Crippen LogP contribution in [0.2, 0.25) is 0 Å². The normalized spacial score (nSPS) is 18.6. The lowest BCUT2D eigenvalue weighted by atomic mass is 9.84. The number of rotatable bonds is 3. The summed E-state index contributed by atoms with van der Waals surface area (Å²) in [6.45, 7) is 10.6. The Kier molecular flexibility index (Phi) is 2.93. The molecule has 0 fully saturated rings. The van der Waals surface area contributed by atoms with Crippen molar-refractivity contribution in [3.63, 3.8) is 0 Å². The molecule has 96 valence electrons. The summed E-state index contributed by atoms with van der Waals surface area (Å²) in [5, 5.41) is 9.05. The van der Waals surface area contributed by atoms with Crippen LogP contribution in [-0.4, -0.2) is 17.6 Å². The predicted octanol–water partition coefficient (Wildman–Crippen LogP) is 3.02. The average molecular weight is 245 g/mol. The lowest BCUT2D eigenvalue weighted by molar-refractivity contribution is -0.140. The van der Waals surface area contributed by atoms with Crippen molar-refractivity contribution >= 4 is 11.7 Å². The van der Waals surface area contributed by atoms with E-state index in [-0.39, 0.29) is 5.41 Å². The van der Waals surface area contributed by atoms with Crippen molar-refractivity contribution in [2.45, 2.75) is 26.2 Å². The Morgan fingerprint density at radius 1 is 1.44 bits per heavy atom. The summed E-state index contributed by atoms with van der Waals surface area (Å²) in [6.07, 6.45) is 0. The van der Waals surface area contributed by atoms with Gasteiger partial charge in [-0.3, -0.25) is 4.79 Å². The number of hydrogen-bond acceptors (Lipinski definition) is 2. The third-order valence-corrected chi connectivity index (χ3v) is 3.79. The van der Waals surface area contributed by atoms with Gasteiger partial charge in [-0.15, -0.1) is 0 Å². The third kappa shape index (κ3) is 1.80. The van der Waals surface area contributed by atoms with Crippen LogP contribution < -0.4 is 4.90 Å². The van der Waals surface area contributed by atoms with Crippen molar-refractivity contribution in [2.24, 2.45) is 5.92 Å². The smallest absolute Gasteiger partial charge is 0.308 e. The highest BCUT2D eigenvalue weighted by atomic mass is 16.4. The van der Waals surface area contributed by atoms with E-state index in [0.717, 1.165) is 11.4 Å². The molecule has 0 saturated heterocycles. The molecule has 0 bridgehead atoms. The van der Waals surface area contributed by atoms with Crippen LogP contribution >= 0.6 is 0 Å². The maximum Gasteiger partial charge on any atom is 0.308 e. The minimum absolute atomic E-state index is 0.130. The molecule has 1 aromatic rings. The number of aliphatic carboxylic acids is 1. The topological polar surface area (TPSA) is 40.5 Å². The van der Waals surface area contributed by atoms with E-state index in [9.17, 15) is 4.79 Å². The van der Waals surface area contributed by atoms with E-state index < -0.39 is 11.9 Å². The summed E-state index contributed by atoms with van der Waals surface area (Å²) in [5.41, 5.74) is 3.14. The van der Waals surface area contributed by atoms with Crippen molar-refractivity contribution < 1.29 is 9.90 Å². The number of benzene rings is 1. The molecule has 1 unspecified atom stereocenters. The van der Waals surface area contributed by atoms with Crippen LogP contribution in [0.4, 0.5) is 5.69 Å². The number of para-hydroxylation sites is 1. The van der Waals surface area contributed by atoms with Crippen LogP contribution in [0.25, 0.3) is 0 Å². The van der Waals surface area contributed by atoms with Gasteiger partial charge in [-0.1, -0.05) is 45.5 Å². The summed E-state index contributed by atoms with van der Waals surface area (Å²) >= 11 is 0. The summed E-state index contributed by atoms with van der Waals surface area (Å²) in [7, 11) is 0. The minimum Gasteiger partial charge on any atom is -0.481 e. The van der Waals surface area contributed by atoms with Gasteiger partial charge in [-0.25, -0.2) is 0 Å². The number of hydrogen-bond donors (Lipinski definition) is 1. The molecule has 1 N–H and O–H groups in total. The highest BCUT2D eigenvalue weighted by Gasteiger charge is 2.39. The van der Waals surface area contributed by atoms with Gasteiger partial charge in [0.2, 0.25) is 0 Å². The molecule has 0 aliphatic carbocycles. The van der Waals surface area contributed by atoms with Gasteiger partial charge in [0.15, 0.2) is 0 Å². The quantitative estimate of drug-likeness (QED) is 0.890. The molecule has 0 radical (unpaired) electrons. The van der Waals surface area contributed by atoms with Crippen LogP contribution in [-0.2, 0) is 10.2 Å². The Morgan fingerprint density at radius 2 is 2.06 bits per heavy atom. The molecule has 1 aliphatic heterocycles. The molecule has 3 nitrogen and oxygen atoms in total. The van der Waals surface area contributed by atoms with Crippen molar-refractivity contribution in [2.75, 3.05) is 11.4 Å². The van der Waals surface area contributed by atoms with E-state index in [4.69, 9.17) is 5.11 Å². The van der Waals surface area contributed by atoms with Gasteiger partial charge < -0.3 is 10.0 Å². The monoisotopic (exact) mass is 245 g/mol. The standard InChI is InChI=1S/C15H19NO2/c1-10(14(17)18)9-16-11(2)15(3,4)12-7-5-6-8-13(12)16/h5-8,10H,2,9H2,1,3-4H3,(H,17,18). The molecule has 1 heterocycles. The molecule has 1 aliphatic rings. The second kappa shape index (κ2) is 4.16. The van der Waals surface area contributed by atoms with E-state index in [1.807, 2.05) is 23.1 Å². The van der Waals surface area contributed by atoms with E-state index in [0.29, 0.717) is 6.54 Å². The number of carboxylic acid groups (broad SMARTS) is 1. The van der Waals surface area contributed by atoms with Crippen molar-refractivity contribution in [3.05, 3.63) is 42.1 Å². The molecule has 0 spiro atoms. The Bertz CT molecular complexity index is 505. The lowest BCUT2D eigenvalue weighted by Gasteiger charge is -2.27. The second-order valence-corrected chi connectivity index (χ2v) is 5.44. The van der Waals surface area contributed by atoms with Gasteiger partial charge in [0, 0.05) is 23.3 Å². The average Bonchev–Trinajstić information content (AvgIpc) is 2.51. The fraction of sp³-hybridized carbons (Fsp3) is 0.400. The summed E-state index contributed by atoms with van der Waals surface area (Å²) in [4.78, 5) is 13.0. The molecule has 2 rings (SSSR count). The van der Waals surface area contributed by atoms with Crippen LogP contribution in [0.1, 0.15) is 26.3 Å². The second-order valence-electron chi connectivity index (χ2n) is 5.44. The van der Waals surface area contributed by atoms with Gasteiger partial charge in [0.05, 0.1) is 5.92 Å². The fourth-order valence-electron chi connectivity index (χ4n) is 2.44. The molecule has 3 heteroatoms.